The Morgan fingerprint density at radius 3 is 3.10 bits per heavy atom. The number of aromatic nitrogens is 1. The van der Waals surface area contributed by atoms with Gasteiger partial charge < -0.3 is 19.2 Å². The molecule has 3 rings (SSSR count). The minimum absolute atomic E-state index is 0.0529. The second-order valence-electron chi connectivity index (χ2n) is 6.14. The van der Waals surface area contributed by atoms with Crippen molar-refractivity contribution in [3.8, 4) is 0 Å². The van der Waals surface area contributed by atoms with Gasteiger partial charge in [-0.05, 0) is 0 Å². The van der Waals surface area contributed by atoms with Crippen molar-refractivity contribution in [2.24, 2.45) is 11.3 Å². The molecule has 2 atom stereocenters. The average molecular weight is 280 g/mol. The molecular formula is C14H20N2O4. The SMILES string of the molecule is CC(C)c1ocnc1C(=O)N1C[C@H]2COC[C@@]2(CO)C1. The van der Waals surface area contributed by atoms with Gasteiger partial charge >= 0.3 is 0 Å². The average Bonchev–Trinajstić information content (AvgIpc) is 3.10. The Kier molecular flexibility index (Phi) is 3.30. The van der Waals surface area contributed by atoms with Crippen molar-refractivity contribution < 1.29 is 19.1 Å². The summed E-state index contributed by atoms with van der Waals surface area (Å²) in [5.74, 6) is 0.852. The zero-order valence-electron chi connectivity index (χ0n) is 11.8. The predicted octanol–water partition coefficient (Wildman–Crippen LogP) is 0.879. The Morgan fingerprint density at radius 1 is 1.65 bits per heavy atom. The first-order chi connectivity index (χ1) is 9.57. The lowest BCUT2D eigenvalue weighted by atomic mass is 9.82. The summed E-state index contributed by atoms with van der Waals surface area (Å²) in [6, 6.07) is 0. The molecule has 1 amide bonds. The third kappa shape index (κ3) is 1.94. The van der Waals surface area contributed by atoms with Crippen molar-refractivity contribution in [2.45, 2.75) is 19.8 Å². The van der Waals surface area contributed by atoms with Crippen LogP contribution >= 0.6 is 0 Å². The molecule has 1 aromatic heterocycles. The number of aliphatic hydroxyl groups is 1. The van der Waals surface area contributed by atoms with E-state index < -0.39 is 0 Å². The number of likely N-dealkylation sites (tertiary alicyclic amines) is 1. The number of oxazole rings is 1. The van der Waals surface area contributed by atoms with Crippen LogP contribution in [0.1, 0.15) is 36.0 Å². The minimum atomic E-state index is -0.294. The molecule has 2 saturated heterocycles. The first kappa shape index (κ1) is 13.6. The van der Waals surface area contributed by atoms with Gasteiger partial charge in [-0.15, -0.1) is 0 Å². The molecule has 20 heavy (non-hydrogen) atoms. The zero-order valence-corrected chi connectivity index (χ0v) is 11.8. The summed E-state index contributed by atoms with van der Waals surface area (Å²) in [6.07, 6.45) is 1.32. The smallest absolute Gasteiger partial charge is 0.276 e. The molecule has 2 aliphatic rings. The topological polar surface area (TPSA) is 75.8 Å². The van der Waals surface area contributed by atoms with Crippen molar-refractivity contribution in [3.05, 3.63) is 17.8 Å². The maximum absolute atomic E-state index is 12.6. The number of nitrogens with zero attached hydrogens (tertiary/aromatic N) is 2. The number of hydrogen-bond donors (Lipinski definition) is 1. The summed E-state index contributed by atoms with van der Waals surface area (Å²) in [5, 5.41) is 9.65. The van der Waals surface area contributed by atoms with Crippen LogP contribution in [0.25, 0.3) is 0 Å². The molecule has 2 fully saturated rings. The van der Waals surface area contributed by atoms with Crippen LogP contribution in [0.3, 0.4) is 0 Å². The van der Waals surface area contributed by atoms with E-state index in [1.54, 1.807) is 4.90 Å². The summed E-state index contributed by atoms with van der Waals surface area (Å²) in [5.41, 5.74) is 0.103. The third-order valence-corrected chi connectivity index (χ3v) is 4.45. The zero-order chi connectivity index (χ0) is 14.3. The Labute approximate surface area is 117 Å². The molecule has 0 saturated carbocycles. The lowest BCUT2D eigenvalue weighted by molar-refractivity contribution is 0.0625. The Hall–Kier alpha value is -1.40. The van der Waals surface area contributed by atoms with E-state index in [4.69, 9.17) is 9.15 Å². The minimum Gasteiger partial charge on any atom is -0.447 e. The fraction of sp³-hybridized carbons (Fsp3) is 0.714. The number of aliphatic hydroxyl groups excluding tert-OH is 1. The molecule has 110 valence electrons. The lowest BCUT2D eigenvalue weighted by Gasteiger charge is -2.24. The number of carbonyl (C=O) groups is 1. The number of hydrogen-bond acceptors (Lipinski definition) is 5. The third-order valence-electron chi connectivity index (χ3n) is 4.45. The highest BCUT2D eigenvalue weighted by molar-refractivity contribution is 5.93. The van der Waals surface area contributed by atoms with Gasteiger partial charge in [0.25, 0.3) is 5.91 Å². The fourth-order valence-electron chi connectivity index (χ4n) is 3.19. The summed E-state index contributed by atoms with van der Waals surface area (Å²) in [6.45, 7) is 6.27. The molecule has 6 nitrogen and oxygen atoms in total. The van der Waals surface area contributed by atoms with Gasteiger partial charge in [-0.1, -0.05) is 13.8 Å². The maximum Gasteiger partial charge on any atom is 0.276 e. The number of fused-ring (bicyclic) bond motifs is 1. The second-order valence-corrected chi connectivity index (χ2v) is 6.14. The van der Waals surface area contributed by atoms with Gasteiger partial charge in [-0.2, -0.15) is 0 Å². The summed E-state index contributed by atoms with van der Waals surface area (Å²) in [4.78, 5) is 18.4. The van der Waals surface area contributed by atoms with Crippen molar-refractivity contribution >= 4 is 5.91 Å². The Morgan fingerprint density at radius 2 is 2.45 bits per heavy atom. The van der Waals surface area contributed by atoms with Gasteiger partial charge in [-0.25, -0.2) is 4.98 Å². The van der Waals surface area contributed by atoms with Crippen LogP contribution in [0, 0.1) is 11.3 Å². The normalized spacial score (nSPS) is 29.2. The first-order valence-electron chi connectivity index (χ1n) is 6.98. The van der Waals surface area contributed by atoms with Crippen LogP contribution in [-0.2, 0) is 4.74 Å². The van der Waals surface area contributed by atoms with Crippen LogP contribution in [0.4, 0.5) is 0 Å². The highest BCUT2D eigenvalue weighted by Crippen LogP contribution is 2.41. The molecule has 0 aromatic carbocycles. The molecule has 1 N–H and O–H groups in total. The van der Waals surface area contributed by atoms with Gasteiger partial charge in [0.15, 0.2) is 12.1 Å². The molecule has 0 bridgehead atoms. The van der Waals surface area contributed by atoms with Crippen molar-refractivity contribution in [1.82, 2.24) is 9.88 Å². The van der Waals surface area contributed by atoms with E-state index in [9.17, 15) is 9.90 Å². The highest BCUT2D eigenvalue weighted by atomic mass is 16.5. The number of amides is 1. The van der Waals surface area contributed by atoms with Gasteiger partial charge in [0, 0.05) is 30.3 Å². The van der Waals surface area contributed by atoms with Crippen LogP contribution in [0.2, 0.25) is 0 Å². The van der Waals surface area contributed by atoms with Crippen LogP contribution in [-0.4, -0.2) is 53.8 Å². The number of rotatable bonds is 3. The fourth-order valence-corrected chi connectivity index (χ4v) is 3.19. The van der Waals surface area contributed by atoms with Crippen LogP contribution in [0.15, 0.2) is 10.8 Å². The lowest BCUT2D eigenvalue weighted by Crippen LogP contribution is -2.36. The van der Waals surface area contributed by atoms with Gasteiger partial charge in [0.1, 0.15) is 5.76 Å². The largest absolute Gasteiger partial charge is 0.447 e. The van der Waals surface area contributed by atoms with Crippen LogP contribution < -0.4 is 0 Å². The van der Waals surface area contributed by atoms with E-state index in [-0.39, 0.29) is 29.8 Å². The molecular weight excluding hydrogens is 260 g/mol. The Balaban J connectivity index is 1.81. The van der Waals surface area contributed by atoms with Gasteiger partial charge in [0.2, 0.25) is 0 Å². The highest BCUT2D eigenvalue weighted by Gasteiger charge is 2.52. The number of ether oxygens (including phenoxy) is 1. The molecule has 6 heteroatoms. The molecule has 0 unspecified atom stereocenters. The van der Waals surface area contributed by atoms with E-state index in [2.05, 4.69) is 4.98 Å². The molecule has 0 radical (unpaired) electrons. The first-order valence-corrected chi connectivity index (χ1v) is 6.98. The molecule has 2 aliphatic heterocycles. The second kappa shape index (κ2) is 4.86. The van der Waals surface area contributed by atoms with Gasteiger partial charge in [0.05, 0.1) is 19.8 Å². The molecule has 0 aliphatic carbocycles. The van der Waals surface area contributed by atoms with Crippen molar-refractivity contribution in [3.63, 3.8) is 0 Å². The quantitative estimate of drug-likeness (QED) is 0.889. The monoisotopic (exact) mass is 280 g/mol. The van der Waals surface area contributed by atoms with Crippen LogP contribution in [0.5, 0.6) is 0 Å². The number of carbonyl (C=O) groups excluding carboxylic acids is 1. The molecule has 3 heterocycles. The predicted molar refractivity (Wildman–Crippen MR) is 70.3 cm³/mol. The summed E-state index contributed by atoms with van der Waals surface area (Å²) >= 11 is 0. The Bertz CT molecular complexity index is 513. The van der Waals surface area contributed by atoms with E-state index in [1.807, 2.05) is 13.8 Å². The van der Waals surface area contributed by atoms with E-state index in [1.165, 1.54) is 6.39 Å². The van der Waals surface area contributed by atoms with E-state index >= 15 is 0 Å². The van der Waals surface area contributed by atoms with Crippen molar-refractivity contribution in [1.29, 1.82) is 0 Å². The summed E-state index contributed by atoms with van der Waals surface area (Å²) < 4.78 is 10.8. The molecule has 1 aromatic rings. The van der Waals surface area contributed by atoms with E-state index in [0.29, 0.717) is 37.8 Å². The van der Waals surface area contributed by atoms with Gasteiger partial charge in [-0.3, -0.25) is 4.79 Å². The van der Waals surface area contributed by atoms with E-state index in [0.717, 1.165) is 0 Å². The maximum atomic E-state index is 12.6. The molecule has 0 spiro atoms. The van der Waals surface area contributed by atoms with Crippen molar-refractivity contribution in [2.75, 3.05) is 32.9 Å². The summed E-state index contributed by atoms with van der Waals surface area (Å²) in [7, 11) is 0. The standard InChI is InChI=1S/C14H20N2O4/c1-9(2)12-11(15-8-20-12)13(18)16-3-10-4-19-7-14(10,5-16)6-17/h8-10,17H,3-7H2,1-2H3/t10-,14-/m0/s1.